The van der Waals surface area contributed by atoms with Gasteiger partial charge in [-0.1, -0.05) is 24.3 Å². The first-order chi connectivity index (χ1) is 6.84. The summed E-state index contributed by atoms with van der Waals surface area (Å²) in [5, 5.41) is 0. The maximum atomic E-state index is 11.8. The van der Waals surface area contributed by atoms with Gasteiger partial charge in [-0.15, -0.1) is 0 Å². The Morgan fingerprint density at radius 3 is 2.79 bits per heavy atom. The number of Topliss-reactive ketones (excluding diaryl/α,β-unsaturated/α-hetero) is 1. The zero-order valence-corrected chi connectivity index (χ0v) is 8.20. The van der Waals surface area contributed by atoms with Gasteiger partial charge in [-0.3, -0.25) is 4.79 Å². The third-order valence-corrected chi connectivity index (χ3v) is 3.43. The molecule has 1 fully saturated rings. The van der Waals surface area contributed by atoms with Gasteiger partial charge in [0.15, 0.2) is 0 Å². The van der Waals surface area contributed by atoms with E-state index in [9.17, 15) is 4.79 Å². The van der Waals surface area contributed by atoms with Crippen molar-refractivity contribution >= 4 is 5.78 Å². The van der Waals surface area contributed by atoms with E-state index in [0.717, 1.165) is 18.8 Å². The van der Waals surface area contributed by atoms with Crippen LogP contribution in [0.5, 0.6) is 0 Å². The van der Waals surface area contributed by atoms with Gasteiger partial charge < -0.3 is 0 Å². The summed E-state index contributed by atoms with van der Waals surface area (Å²) in [4.78, 5) is 11.8. The molecule has 2 aliphatic rings. The fourth-order valence-electron chi connectivity index (χ4n) is 2.29. The van der Waals surface area contributed by atoms with Crippen molar-refractivity contribution in [3.8, 4) is 0 Å². The molecule has 1 saturated carbocycles. The van der Waals surface area contributed by atoms with Crippen LogP contribution in [0, 0.1) is 5.92 Å². The zero-order valence-electron chi connectivity index (χ0n) is 8.20. The minimum Gasteiger partial charge on any atom is -0.299 e. The lowest BCUT2D eigenvalue weighted by molar-refractivity contribution is -0.121. The number of ketones is 1. The molecule has 0 bridgehead atoms. The first kappa shape index (κ1) is 8.22. The molecule has 0 radical (unpaired) electrons. The quantitative estimate of drug-likeness (QED) is 0.709. The Morgan fingerprint density at radius 2 is 2.07 bits per heavy atom. The first-order valence-corrected chi connectivity index (χ1v) is 5.45. The van der Waals surface area contributed by atoms with Crippen molar-refractivity contribution in [3.63, 3.8) is 0 Å². The van der Waals surface area contributed by atoms with Crippen LogP contribution in [0.25, 0.3) is 0 Å². The third kappa shape index (κ3) is 1.28. The summed E-state index contributed by atoms with van der Waals surface area (Å²) >= 11 is 0. The Kier molecular flexibility index (Phi) is 1.73. The molecule has 72 valence electrons. The van der Waals surface area contributed by atoms with Gasteiger partial charge in [0.25, 0.3) is 0 Å². The SMILES string of the molecule is O=C(CC1CC1)C1Cc2ccccc21. The largest absolute Gasteiger partial charge is 0.299 e. The molecule has 0 aromatic heterocycles. The molecule has 0 heterocycles. The van der Waals surface area contributed by atoms with Gasteiger partial charge in [-0.2, -0.15) is 0 Å². The van der Waals surface area contributed by atoms with Crippen LogP contribution in [0.15, 0.2) is 24.3 Å². The summed E-state index contributed by atoms with van der Waals surface area (Å²) in [7, 11) is 0. The number of benzene rings is 1. The van der Waals surface area contributed by atoms with Gasteiger partial charge in [-0.05, 0) is 36.3 Å². The van der Waals surface area contributed by atoms with E-state index in [1.54, 1.807) is 0 Å². The van der Waals surface area contributed by atoms with E-state index >= 15 is 0 Å². The van der Waals surface area contributed by atoms with E-state index in [0.29, 0.717) is 5.78 Å². The molecule has 1 heteroatoms. The standard InChI is InChI=1S/C13H14O/c14-13(7-9-5-6-9)12-8-10-3-1-2-4-11(10)12/h1-4,9,12H,5-8H2. The lowest BCUT2D eigenvalue weighted by Crippen LogP contribution is -2.25. The Balaban J connectivity index is 1.74. The van der Waals surface area contributed by atoms with E-state index in [1.807, 2.05) is 6.07 Å². The normalized spacial score (nSPS) is 23.9. The van der Waals surface area contributed by atoms with Crippen molar-refractivity contribution in [2.75, 3.05) is 0 Å². The van der Waals surface area contributed by atoms with Gasteiger partial charge in [-0.25, -0.2) is 0 Å². The number of carbonyl (C=O) groups is 1. The number of rotatable bonds is 3. The van der Waals surface area contributed by atoms with Gasteiger partial charge in [0.2, 0.25) is 0 Å². The van der Waals surface area contributed by atoms with E-state index in [1.165, 1.54) is 24.0 Å². The molecule has 1 aromatic rings. The first-order valence-electron chi connectivity index (χ1n) is 5.45. The molecule has 1 unspecified atom stereocenters. The fraction of sp³-hybridized carbons (Fsp3) is 0.462. The Morgan fingerprint density at radius 1 is 1.29 bits per heavy atom. The maximum Gasteiger partial charge on any atom is 0.140 e. The molecule has 0 amide bonds. The summed E-state index contributed by atoms with van der Waals surface area (Å²) in [5.74, 6) is 1.45. The van der Waals surface area contributed by atoms with Crippen LogP contribution in [0.1, 0.15) is 36.3 Å². The number of fused-ring (bicyclic) bond motifs is 1. The van der Waals surface area contributed by atoms with E-state index in [-0.39, 0.29) is 5.92 Å². The molecule has 0 spiro atoms. The van der Waals surface area contributed by atoms with Crippen LogP contribution in [0.3, 0.4) is 0 Å². The van der Waals surface area contributed by atoms with E-state index < -0.39 is 0 Å². The van der Waals surface area contributed by atoms with Crippen LogP contribution < -0.4 is 0 Å². The Bertz CT molecular complexity index is 377. The number of hydrogen-bond acceptors (Lipinski definition) is 1. The van der Waals surface area contributed by atoms with Gasteiger partial charge in [0.05, 0.1) is 0 Å². The number of carbonyl (C=O) groups excluding carboxylic acids is 1. The smallest absolute Gasteiger partial charge is 0.140 e. The molecule has 0 N–H and O–H groups in total. The lowest BCUT2D eigenvalue weighted by atomic mass is 9.74. The molecule has 1 nitrogen and oxygen atoms in total. The minimum absolute atomic E-state index is 0.242. The summed E-state index contributed by atoms with van der Waals surface area (Å²) in [5.41, 5.74) is 2.67. The monoisotopic (exact) mass is 186 g/mol. The number of hydrogen-bond donors (Lipinski definition) is 0. The molecule has 0 aliphatic heterocycles. The maximum absolute atomic E-state index is 11.8. The summed E-state index contributed by atoms with van der Waals surface area (Å²) < 4.78 is 0. The highest BCUT2D eigenvalue weighted by atomic mass is 16.1. The topological polar surface area (TPSA) is 17.1 Å². The second-order valence-corrected chi connectivity index (χ2v) is 4.57. The van der Waals surface area contributed by atoms with E-state index in [4.69, 9.17) is 0 Å². The summed E-state index contributed by atoms with van der Waals surface area (Å²) in [6.45, 7) is 0. The molecule has 3 rings (SSSR count). The van der Waals surface area contributed by atoms with Gasteiger partial charge >= 0.3 is 0 Å². The van der Waals surface area contributed by atoms with Crippen LogP contribution >= 0.6 is 0 Å². The van der Waals surface area contributed by atoms with Crippen LogP contribution in [-0.4, -0.2) is 5.78 Å². The molecule has 1 atom stereocenters. The van der Waals surface area contributed by atoms with Crippen LogP contribution in [0.2, 0.25) is 0 Å². The lowest BCUT2D eigenvalue weighted by Gasteiger charge is -2.28. The summed E-state index contributed by atoms with van der Waals surface area (Å²) in [6.07, 6.45) is 4.38. The van der Waals surface area contributed by atoms with Gasteiger partial charge in [0, 0.05) is 12.3 Å². The Hall–Kier alpha value is -1.11. The highest BCUT2D eigenvalue weighted by Crippen LogP contribution is 2.40. The van der Waals surface area contributed by atoms with Crippen molar-refractivity contribution in [1.82, 2.24) is 0 Å². The zero-order chi connectivity index (χ0) is 9.54. The predicted octanol–water partition coefficient (Wildman–Crippen LogP) is 2.70. The summed E-state index contributed by atoms with van der Waals surface area (Å²) in [6, 6.07) is 8.33. The third-order valence-electron chi connectivity index (χ3n) is 3.43. The van der Waals surface area contributed by atoms with Crippen LogP contribution in [0.4, 0.5) is 0 Å². The van der Waals surface area contributed by atoms with Crippen molar-refractivity contribution in [1.29, 1.82) is 0 Å². The molecular weight excluding hydrogens is 172 g/mol. The second-order valence-electron chi connectivity index (χ2n) is 4.57. The van der Waals surface area contributed by atoms with Crippen molar-refractivity contribution < 1.29 is 4.79 Å². The van der Waals surface area contributed by atoms with Crippen LogP contribution in [-0.2, 0) is 11.2 Å². The Labute approximate surface area is 84.1 Å². The minimum atomic E-state index is 0.242. The van der Waals surface area contributed by atoms with Crippen molar-refractivity contribution in [2.45, 2.75) is 31.6 Å². The van der Waals surface area contributed by atoms with E-state index in [2.05, 4.69) is 18.2 Å². The molecule has 2 aliphatic carbocycles. The highest BCUT2D eigenvalue weighted by Gasteiger charge is 2.34. The molecular formula is C13H14O. The predicted molar refractivity (Wildman–Crippen MR) is 55.2 cm³/mol. The highest BCUT2D eigenvalue weighted by molar-refractivity contribution is 5.89. The van der Waals surface area contributed by atoms with Crippen molar-refractivity contribution in [3.05, 3.63) is 35.4 Å². The second kappa shape index (κ2) is 2.94. The van der Waals surface area contributed by atoms with Crippen molar-refractivity contribution in [2.24, 2.45) is 5.92 Å². The average Bonchev–Trinajstić information content (AvgIpc) is 2.91. The van der Waals surface area contributed by atoms with Gasteiger partial charge in [0.1, 0.15) is 5.78 Å². The molecule has 1 aromatic carbocycles. The fourth-order valence-corrected chi connectivity index (χ4v) is 2.29. The molecule has 0 saturated heterocycles. The molecule has 14 heavy (non-hydrogen) atoms. The average molecular weight is 186 g/mol.